The van der Waals surface area contributed by atoms with E-state index in [2.05, 4.69) is 9.47 Å². The molecule has 1 saturated carbocycles. The third-order valence-electron chi connectivity index (χ3n) is 6.41. The number of aryl methyl sites for hydroxylation is 1. The maximum atomic E-state index is 14.5. The molecule has 1 aliphatic heterocycles. The molecule has 34 heavy (non-hydrogen) atoms. The highest BCUT2D eigenvalue weighted by Gasteiger charge is 2.52. The van der Waals surface area contributed by atoms with Crippen molar-refractivity contribution in [3.05, 3.63) is 82.7 Å². The van der Waals surface area contributed by atoms with Crippen LogP contribution in [0.25, 0.3) is 11.1 Å². The van der Waals surface area contributed by atoms with Crippen molar-refractivity contribution in [1.82, 2.24) is 0 Å². The summed E-state index contributed by atoms with van der Waals surface area (Å²) in [6.07, 6.45) is -2.52. The van der Waals surface area contributed by atoms with Crippen molar-refractivity contribution < 1.29 is 38.8 Å². The van der Waals surface area contributed by atoms with Crippen molar-refractivity contribution in [1.29, 1.82) is 0 Å². The lowest BCUT2D eigenvalue weighted by Gasteiger charge is -2.16. The number of carboxylic acid groups (broad SMARTS) is 1. The first kappa shape index (κ1) is 22.0. The standard InChI is InChI=1S/C26H19F3O5.H2/c1-14-2-3-15(10-18(14)19-12-16(24(31)32)4-6-20(19)27)11-23(30)25(8-9-25)17-5-7-21-22(13-17)34-26(28,29)33-21;/h2-7,10,12-13H,8-9,11H2,1H3,(H,31,32);1H. The Morgan fingerprint density at radius 1 is 0.971 bits per heavy atom. The number of Topliss-reactive ketones (excluding diaryl/α,β-unsaturated/α-hetero) is 1. The number of aromatic carboxylic acids is 1. The molecular formula is C26H21F3O5. The molecule has 5 rings (SSSR count). The molecule has 8 heteroatoms. The second-order valence-electron chi connectivity index (χ2n) is 8.66. The van der Waals surface area contributed by atoms with E-state index in [9.17, 15) is 27.9 Å². The average Bonchev–Trinajstić information content (AvgIpc) is 3.52. The molecule has 0 atom stereocenters. The fraction of sp³-hybridized carbons (Fsp3) is 0.231. The van der Waals surface area contributed by atoms with Crippen LogP contribution in [0, 0.1) is 12.7 Å². The highest BCUT2D eigenvalue weighted by molar-refractivity contribution is 5.95. The van der Waals surface area contributed by atoms with Gasteiger partial charge in [-0.15, -0.1) is 8.78 Å². The molecule has 1 heterocycles. The molecule has 0 saturated heterocycles. The van der Waals surface area contributed by atoms with E-state index in [-0.39, 0.29) is 36.3 Å². The minimum absolute atomic E-state index is 0. The fourth-order valence-corrected chi connectivity index (χ4v) is 4.39. The van der Waals surface area contributed by atoms with Crippen LogP contribution in [0.15, 0.2) is 54.6 Å². The van der Waals surface area contributed by atoms with Crippen LogP contribution in [-0.2, 0) is 16.6 Å². The number of halogens is 3. The van der Waals surface area contributed by atoms with Gasteiger partial charge in [0.15, 0.2) is 11.5 Å². The number of ether oxygens (including phenoxy) is 2. The van der Waals surface area contributed by atoms with Crippen LogP contribution in [0.1, 0.15) is 41.3 Å². The molecular weight excluding hydrogens is 449 g/mol. The lowest BCUT2D eigenvalue weighted by molar-refractivity contribution is -0.286. The molecule has 176 valence electrons. The number of benzene rings is 3. The Morgan fingerprint density at radius 2 is 1.71 bits per heavy atom. The van der Waals surface area contributed by atoms with E-state index < -0.39 is 23.5 Å². The van der Waals surface area contributed by atoms with E-state index in [0.717, 1.165) is 11.6 Å². The van der Waals surface area contributed by atoms with Crippen LogP contribution in [0.4, 0.5) is 13.2 Å². The van der Waals surface area contributed by atoms with E-state index in [0.29, 0.717) is 29.5 Å². The first-order chi connectivity index (χ1) is 16.1. The van der Waals surface area contributed by atoms with Crippen molar-refractivity contribution in [3.8, 4) is 22.6 Å². The van der Waals surface area contributed by atoms with Gasteiger partial charge < -0.3 is 14.6 Å². The molecule has 3 aromatic rings. The Morgan fingerprint density at radius 3 is 2.41 bits per heavy atom. The van der Waals surface area contributed by atoms with Crippen molar-refractivity contribution in [3.63, 3.8) is 0 Å². The number of hydrogen-bond donors (Lipinski definition) is 1. The van der Waals surface area contributed by atoms with Gasteiger partial charge in [0, 0.05) is 13.4 Å². The van der Waals surface area contributed by atoms with E-state index in [4.69, 9.17) is 0 Å². The van der Waals surface area contributed by atoms with Crippen LogP contribution >= 0.6 is 0 Å². The van der Waals surface area contributed by atoms with Gasteiger partial charge in [-0.3, -0.25) is 4.79 Å². The van der Waals surface area contributed by atoms with Gasteiger partial charge in [-0.25, -0.2) is 9.18 Å². The highest BCUT2D eigenvalue weighted by atomic mass is 19.3. The summed E-state index contributed by atoms with van der Waals surface area (Å²) in [5, 5.41) is 9.26. The molecule has 0 aromatic heterocycles. The first-order valence-corrected chi connectivity index (χ1v) is 10.6. The summed E-state index contributed by atoms with van der Waals surface area (Å²) in [6.45, 7) is 1.78. The van der Waals surface area contributed by atoms with Gasteiger partial charge >= 0.3 is 12.3 Å². The second kappa shape index (κ2) is 7.62. The monoisotopic (exact) mass is 470 g/mol. The minimum atomic E-state index is -3.73. The van der Waals surface area contributed by atoms with Crippen molar-refractivity contribution >= 4 is 11.8 Å². The lowest BCUT2D eigenvalue weighted by atomic mass is 9.86. The number of fused-ring (bicyclic) bond motifs is 1. The zero-order valence-electron chi connectivity index (χ0n) is 18.0. The van der Waals surface area contributed by atoms with Gasteiger partial charge in [0.1, 0.15) is 11.6 Å². The maximum absolute atomic E-state index is 14.5. The van der Waals surface area contributed by atoms with Gasteiger partial charge in [-0.1, -0.05) is 24.3 Å². The lowest BCUT2D eigenvalue weighted by Crippen LogP contribution is -2.26. The molecule has 1 N–H and O–H groups in total. The normalized spacial score (nSPS) is 16.8. The summed E-state index contributed by atoms with van der Waals surface area (Å²) in [4.78, 5) is 24.6. The SMILES string of the molecule is Cc1ccc(CC(=O)C2(c3ccc4c(c3)OC(F)(F)O4)CC2)cc1-c1cc(C(=O)O)ccc1F.[HH]. The molecule has 0 unspecified atom stereocenters. The van der Waals surface area contributed by atoms with Crippen molar-refractivity contribution in [2.24, 2.45) is 0 Å². The molecule has 5 nitrogen and oxygen atoms in total. The smallest absolute Gasteiger partial charge is 0.478 e. The van der Waals surface area contributed by atoms with E-state index >= 15 is 0 Å². The van der Waals surface area contributed by atoms with E-state index in [1.165, 1.54) is 24.3 Å². The van der Waals surface area contributed by atoms with Crippen LogP contribution in [0.2, 0.25) is 0 Å². The summed E-state index contributed by atoms with van der Waals surface area (Å²) >= 11 is 0. The number of hydrogen-bond acceptors (Lipinski definition) is 4. The van der Waals surface area contributed by atoms with Crippen LogP contribution in [-0.4, -0.2) is 23.2 Å². The topological polar surface area (TPSA) is 72.8 Å². The van der Waals surface area contributed by atoms with E-state index in [1.807, 2.05) is 0 Å². The molecule has 0 radical (unpaired) electrons. The van der Waals surface area contributed by atoms with Gasteiger partial charge in [0.25, 0.3) is 0 Å². The van der Waals surface area contributed by atoms with Crippen LogP contribution in [0.5, 0.6) is 11.5 Å². The number of alkyl halides is 2. The molecule has 2 aliphatic rings. The Bertz CT molecular complexity index is 1350. The van der Waals surface area contributed by atoms with Gasteiger partial charge in [-0.2, -0.15) is 0 Å². The largest absolute Gasteiger partial charge is 0.586 e. The Balaban J connectivity index is 0.00000289. The third-order valence-corrected chi connectivity index (χ3v) is 6.41. The number of ketones is 1. The van der Waals surface area contributed by atoms with Gasteiger partial charge in [-0.05, 0) is 72.4 Å². The maximum Gasteiger partial charge on any atom is 0.586 e. The molecule has 3 aromatic carbocycles. The number of rotatable bonds is 6. The summed E-state index contributed by atoms with van der Waals surface area (Å²) in [5.74, 6) is -2.00. The van der Waals surface area contributed by atoms with Crippen molar-refractivity contribution in [2.75, 3.05) is 0 Å². The predicted molar refractivity (Wildman–Crippen MR) is 118 cm³/mol. The molecule has 1 fully saturated rings. The summed E-state index contributed by atoms with van der Waals surface area (Å²) in [6, 6.07) is 13.2. The molecule has 0 spiro atoms. The van der Waals surface area contributed by atoms with Gasteiger partial charge in [0.2, 0.25) is 0 Å². The second-order valence-corrected chi connectivity index (χ2v) is 8.66. The zero-order valence-corrected chi connectivity index (χ0v) is 18.0. The summed E-state index contributed by atoms with van der Waals surface area (Å²) in [5.41, 5.74) is 1.77. The zero-order chi connectivity index (χ0) is 24.3. The third kappa shape index (κ3) is 3.79. The highest BCUT2D eigenvalue weighted by Crippen LogP contribution is 2.52. The number of carboxylic acids is 1. The Kier molecular flexibility index (Phi) is 4.93. The molecule has 0 amide bonds. The van der Waals surface area contributed by atoms with Crippen LogP contribution in [0.3, 0.4) is 0 Å². The fourth-order valence-electron chi connectivity index (χ4n) is 4.39. The number of carbonyl (C=O) groups excluding carboxylic acids is 1. The average molecular weight is 470 g/mol. The minimum Gasteiger partial charge on any atom is -0.478 e. The predicted octanol–water partition coefficient (Wildman–Crippen LogP) is 5.91. The Hall–Kier alpha value is -3.81. The van der Waals surface area contributed by atoms with E-state index in [1.54, 1.807) is 31.2 Å². The van der Waals surface area contributed by atoms with Gasteiger partial charge in [0.05, 0.1) is 11.0 Å². The summed E-state index contributed by atoms with van der Waals surface area (Å²) in [7, 11) is 0. The number of carbonyl (C=O) groups is 2. The first-order valence-electron chi connectivity index (χ1n) is 10.6. The molecule has 0 bridgehead atoms. The summed E-state index contributed by atoms with van der Waals surface area (Å²) < 4.78 is 50.2. The Labute approximate surface area is 194 Å². The molecule has 1 aliphatic carbocycles. The van der Waals surface area contributed by atoms with Crippen molar-refractivity contribution in [2.45, 2.75) is 37.9 Å². The quantitative estimate of drug-likeness (QED) is 0.485. The van der Waals surface area contributed by atoms with Crippen LogP contribution < -0.4 is 9.47 Å².